The van der Waals surface area contributed by atoms with Gasteiger partial charge in [-0.05, 0) is 19.1 Å². The summed E-state index contributed by atoms with van der Waals surface area (Å²) in [6.07, 6.45) is -2.80. The molecule has 2 atom stereocenters. The monoisotopic (exact) mass is 263 g/mol. The number of rotatable bonds is 3. The summed E-state index contributed by atoms with van der Waals surface area (Å²) in [5.41, 5.74) is 5.37. The molecule has 2 unspecified atom stereocenters. The van der Waals surface area contributed by atoms with Crippen LogP contribution in [-0.2, 0) is 4.74 Å². The van der Waals surface area contributed by atoms with Gasteiger partial charge in [0.1, 0.15) is 0 Å². The molecule has 3 N–H and O–H groups in total. The molecular formula is C10H11Cl2NO3. The largest absolute Gasteiger partial charge is 0.439 e. The van der Waals surface area contributed by atoms with Gasteiger partial charge in [0.25, 0.3) is 0 Å². The molecule has 0 fully saturated rings. The summed E-state index contributed by atoms with van der Waals surface area (Å²) in [6.45, 7) is 1.47. The van der Waals surface area contributed by atoms with E-state index in [2.05, 4.69) is 0 Å². The predicted molar refractivity (Wildman–Crippen MR) is 61.6 cm³/mol. The number of amides is 1. The van der Waals surface area contributed by atoms with E-state index in [4.69, 9.17) is 33.7 Å². The number of hydrogen-bond donors (Lipinski definition) is 2. The zero-order valence-corrected chi connectivity index (χ0v) is 10.00. The number of nitrogens with two attached hydrogens (primary N) is 1. The summed E-state index contributed by atoms with van der Waals surface area (Å²) < 4.78 is 4.78. The fourth-order valence-corrected chi connectivity index (χ4v) is 1.80. The number of carbonyl (C=O) groups excluding carboxylic acids is 1. The highest BCUT2D eigenvalue weighted by molar-refractivity contribution is 6.35. The van der Waals surface area contributed by atoms with E-state index >= 15 is 0 Å². The first-order chi connectivity index (χ1) is 7.41. The van der Waals surface area contributed by atoms with Gasteiger partial charge in [0.15, 0.2) is 6.10 Å². The van der Waals surface area contributed by atoms with Crippen molar-refractivity contribution in [2.75, 3.05) is 0 Å². The minimum absolute atomic E-state index is 0.305. The highest BCUT2D eigenvalue weighted by atomic mass is 35.5. The molecule has 1 rings (SSSR count). The van der Waals surface area contributed by atoms with Gasteiger partial charge >= 0.3 is 6.09 Å². The Hall–Kier alpha value is -0.970. The number of ether oxygens (including phenoxy) is 1. The average Bonchev–Trinajstić information content (AvgIpc) is 2.14. The van der Waals surface area contributed by atoms with Crippen LogP contribution in [0.1, 0.15) is 18.6 Å². The molecule has 1 aromatic rings. The minimum atomic E-state index is -0.975. The Bertz CT molecular complexity index is 396. The lowest BCUT2D eigenvalue weighted by molar-refractivity contribution is 0.0148. The summed E-state index contributed by atoms with van der Waals surface area (Å²) in [5, 5.41) is 10.2. The van der Waals surface area contributed by atoms with Gasteiger partial charge in [-0.25, -0.2) is 4.79 Å². The standard InChI is InChI=1S/C10H11Cl2NO3/c1-5(14)9(16-10(13)15)7-3-2-6(11)4-8(7)12/h2-5,9,14H,1H3,(H2,13,15). The Balaban J connectivity index is 3.05. The van der Waals surface area contributed by atoms with E-state index in [0.29, 0.717) is 15.6 Å². The van der Waals surface area contributed by atoms with Crippen LogP contribution in [0.15, 0.2) is 18.2 Å². The number of halogens is 2. The summed E-state index contributed by atoms with van der Waals surface area (Å²) in [5.74, 6) is 0. The lowest BCUT2D eigenvalue weighted by Gasteiger charge is -2.20. The van der Waals surface area contributed by atoms with Crippen LogP contribution in [0.5, 0.6) is 0 Å². The Morgan fingerprint density at radius 1 is 1.50 bits per heavy atom. The van der Waals surface area contributed by atoms with Crippen LogP contribution in [0.4, 0.5) is 4.79 Å². The van der Waals surface area contributed by atoms with Crippen molar-refractivity contribution in [2.24, 2.45) is 5.73 Å². The summed E-state index contributed by atoms with van der Waals surface area (Å²) in [7, 11) is 0. The van der Waals surface area contributed by atoms with Crippen molar-refractivity contribution in [2.45, 2.75) is 19.1 Å². The van der Waals surface area contributed by atoms with E-state index in [1.54, 1.807) is 12.1 Å². The fraction of sp³-hybridized carbons (Fsp3) is 0.300. The molecule has 0 aliphatic carbocycles. The second kappa shape index (κ2) is 5.39. The molecule has 16 heavy (non-hydrogen) atoms. The SMILES string of the molecule is CC(O)C(OC(N)=O)c1ccc(Cl)cc1Cl. The van der Waals surface area contributed by atoms with Crippen molar-refractivity contribution in [1.29, 1.82) is 0 Å². The molecule has 6 heteroatoms. The maximum atomic E-state index is 10.7. The van der Waals surface area contributed by atoms with E-state index in [0.717, 1.165) is 0 Å². The van der Waals surface area contributed by atoms with E-state index < -0.39 is 18.3 Å². The molecule has 0 radical (unpaired) electrons. The van der Waals surface area contributed by atoms with Crippen LogP contribution < -0.4 is 5.73 Å². The van der Waals surface area contributed by atoms with Crippen LogP contribution in [0.3, 0.4) is 0 Å². The number of carbonyl (C=O) groups is 1. The van der Waals surface area contributed by atoms with Crippen molar-refractivity contribution in [3.05, 3.63) is 33.8 Å². The molecule has 0 aliphatic heterocycles. The Morgan fingerprint density at radius 3 is 2.56 bits per heavy atom. The lowest BCUT2D eigenvalue weighted by atomic mass is 10.1. The van der Waals surface area contributed by atoms with Crippen molar-refractivity contribution in [3.63, 3.8) is 0 Å². The van der Waals surface area contributed by atoms with Gasteiger partial charge in [0.2, 0.25) is 0 Å². The van der Waals surface area contributed by atoms with Gasteiger partial charge in [-0.2, -0.15) is 0 Å². The van der Waals surface area contributed by atoms with Crippen LogP contribution in [0.2, 0.25) is 10.0 Å². The second-order valence-electron chi connectivity index (χ2n) is 3.26. The zero-order valence-electron chi connectivity index (χ0n) is 8.48. The summed E-state index contributed by atoms with van der Waals surface area (Å²) >= 11 is 11.7. The predicted octanol–water partition coefficient (Wildman–Crippen LogP) is 2.51. The number of aliphatic hydroxyl groups excluding tert-OH is 1. The van der Waals surface area contributed by atoms with Crippen molar-refractivity contribution in [3.8, 4) is 0 Å². The van der Waals surface area contributed by atoms with Crippen molar-refractivity contribution < 1.29 is 14.6 Å². The van der Waals surface area contributed by atoms with Crippen molar-refractivity contribution >= 4 is 29.3 Å². The number of primary amides is 1. The highest BCUT2D eigenvalue weighted by Crippen LogP contribution is 2.30. The molecule has 0 aliphatic rings. The third kappa shape index (κ3) is 3.27. The maximum Gasteiger partial charge on any atom is 0.405 e. The Morgan fingerprint density at radius 2 is 2.12 bits per heavy atom. The third-order valence-corrected chi connectivity index (χ3v) is 2.51. The topological polar surface area (TPSA) is 72.6 Å². The van der Waals surface area contributed by atoms with Gasteiger partial charge < -0.3 is 15.6 Å². The number of aliphatic hydroxyl groups is 1. The number of benzene rings is 1. The van der Waals surface area contributed by atoms with E-state index in [1.807, 2.05) is 0 Å². The minimum Gasteiger partial charge on any atom is -0.439 e. The Labute approximate surface area is 103 Å². The molecule has 1 amide bonds. The van der Waals surface area contributed by atoms with Crippen LogP contribution in [-0.4, -0.2) is 17.3 Å². The molecule has 4 nitrogen and oxygen atoms in total. The van der Waals surface area contributed by atoms with Crippen molar-refractivity contribution in [1.82, 2.24) is 0 Å². The van der Waals surface area contributed by atoms with E-state index in [1.165, 1.54) is 13.0 Å². The molecule has 0 aromatic heterocycles. The molecule has 0 spiro atoms. The van der Waals surface area contributed by atoms with Crippen LogP contribution >= 0.6 is 23.2 Å². The summed E-state index contributed by atoms with van der Waals surface area (Å²) in [4.78, 5) is 10.7. The van der Waals surface area contributed by atoms with Gasteiger partial charge in [0.05, 0.1) is 6.10 Å². The van der Waals surface area contributed by atoms with E-state index in [-0.39, 0.29) is 0 Å². The molecule has 0 bridgehead atoms. The van der Waals surface area contributed by atoms with Crippen LogP contribution in [0.25, 0.3) is 0 Å². The van der Waals surface area contributed by atoms with Gasteiger partial charge in [-0.3, -0.25) is 0 Å². The zero-order chi connectivity index (χ0) is 12.3. The quantitative estimate of drug-likeness (QED) is 0.880. The van der Waals surface area contributed by atoms with Gasteiger partial charge in [-0.1, -0.05) is 29.3 Å². The first-order valence-corrected chi connectivity index (χ1v) is 5.26. The Kier molecular flexibility index (Phi) is 4.41. The normalized spacial score (nSPS) is 14.2. The molecule has 0 saturated heterocycles. The van der Waals surface area contributed by atoms with E-state index in [9.17, 15) is 9.90 Å². The fourth-order valence-electron chi connectivity index (χ4n) is 1.28. The third-order valence-electron chi connectivity index (χ3n) is 1.95. The van der Waals surface area contributed by atoms with Gasteiger partial charge in [-0.15, -0.1) is 0 Å². The smallest absolute Gasteiger partial charge is 0.405 e. The first kappa shape index (κ1) is 13.1. The average molecular weight is 264 g/mol. The number of hydrogen-bond acceptors (Lipinski definition) is 3. The molecular weight excluding hydrogens is 253 g/mol. The molecule has 0 heterocycles. The molecule has 0 saturated carbocycles. The van der Waals surface area contributed by atoms with Gasteiger partial charge in [0, 0.05) is 15.6 Å². The highest BCUT2D eigenvalue weighted by Gasteiger charge is 2.23. The lowest BCUT2D eigenvalue weighted by Crippen LogP contribution is -2.25. The maximum absolute atomic E-state index is 10.7. The molecule has 88 valence electrons. The first-order valence-electron chi connectivity index (χ1n) is 4.51. The second-order valence-corrected chi connectivity index (χ2v) is 4.11. The summed E-state index contributed by atoms with van der Waals surface area (Å²) in [6, 6.07) is 4.66. The van der Waals surface area contributed by atoms with Crippen LogP contribution in [0, 0.1) is 0 Å². The molecule has 1 aromatic carbocycles.